The van der Waals surface area contributed by atoms with E-state index in [1.54, 1.807) is 19.2 Å². The molecule has 11 heteroatoms. The predicted octanol–water partition coefficient (Wildman–Crippen LogP) is 1.94. The second kappa shape index (κ2) is 7.67. The Morgan fingerprint density at radius 1 is 1.33 bits per heavy atom. The van der Waals surface area contributed by atoms with E-state index in [1.807, 2.05) is 0 Å². The van der Waals surface area contributed by atoms with Crippen molar-refractivity contribution in [1.82, 2.24) is 28.9 Å². The molecule has 3 aromatic heterocycles. The Balaban J connectivity index is 1.69. The molecule has 0 atom stereocenters. The number of aromatic nitrogens is 5. The lowest BCUT2D eigenvalue weighted by molar-refractivity contribution is 0.0947. The molecule has 0 saturated heterocycles. The van der Waals surface area contributed by atoms with E-state index in [0.29, 0.717) is 11.4 Å². The van der Waals surface area contributed by atoms with E-state index in [-0.39, 0.29) is 23.4 Å². The van der Waals surface area contributed by atoms with E-state index in [9.17, 15) is 14.0 Å². The Kier molecular flexibility index (Phi) is 5.04. The highest BCUT2D eigenvalue weighted by Gasteiger charge is 2.18. The van der Waals surface area contributed by atoms with Crippen molar-refractivity contribution in [3.63, 3.8) is 0 Å². The number of hydrogen-bond acceptors (Lipinski definition) is 7. The summed E-state index contributed by atoms with van der Waals surface area (Å²) in [5, 5.41) is 6.63. The van der Waals surface area contributed by atoms with Crippen molar-refractivity contribution in [1.29, 1.82) is 0 Å². The smallest absolute Gasteiger partial charge is 0.294 e. The molecule has 0 spiro atoms. The highest BCUT2D eigenvalue weighted by Crippen LogP contribution is 2.25. The first-order valence-corrected chi connectivity index (χ1v) is 9.65. The largest absolute Gasteiger partial charge is 0.497 e. The normalized spacial score (nSPS) is 11.1. The first-order chi connectivity index (χ1) is 14.4. The van der Waals surface area contributed by atoms with Crippen LogP contribution in [0.4, 0.5) is 4.39 Å². The summed E-state index contributed by atoms with van der Waals surface area (Å²) in [6.07, 6.45) is 3.00. The second-order valence-electron chi connectivity index (χ2n) is 6.55. The Morgan fingerprint density at radius 3 is 2.80 bits per heavy atom. The fourth-order valence-corrected chi connectivity index (χ4v) is 3.55. The van der Waals surface area contributed by atoms with Crippen molar-refractivity contribution in [2.75, 3.05) is 7.11 Å². The number of methoxy groups -OCH3 is 1. The maximum Gasteiger partial charge on any atom is 0.294 e. The summed E-state index contributed by atoms with van der Waals surface area (Å²) in [4.78, 5) is 30.2. The van der Waals surface area contributed by atoms with Crippen LogP contribution in [-0.2, 0) is 13.6 Å². The van der Waals surface area contributed by atoms with Crippen molar-refractivity contribution in [2.24, 2.45) is 7.05 Å². The SMILES string of the molecule is COc1ccc(-c2cn3cc(C(=O)NCc4snnc4C)nc3c(=O)n2C)c(F)c1. The molecule has 1 amide bonds. The van der Waals surface area contributed by atoms with Crippen molar-refractivity contribution in [2.45, 2.75) is 13.5 Å². The van der Waals surface area contributed by atoms with Crippen LogP contribution in [0.5, 0.6) is 5.75 Å². The average Bonchev–Trinajstić information content (AvgIpc) is 3.35. The maximum absolute atomic E-state index is 14.5. The van der Waals surface area contributed by atoms with Crippen LogP contribution in [0.3, 0.4) is 0 Å². The van der Waals surface area contributed by atoms with Gasteiger partial charge in [0, 0.05) is 31.1 Å². The molecule has 0 aliphatic rings. The zero-order chi connectivity index (χ0) is 21.4. The van der Waals surface area contributed by atoms with E-state index in [1.165, 1.54) is 53.0 Å². The Labute approximate surface area is 173 Å². The number of halogens is 1. The monoisotopic (exact) mass is 428 g/mol. The molecule has 0 saturated carbocycles. The fraction of sp³-hybridized carbons (Fsp3) is 0.211. The van der Waals surface area contributed by atoms with Crippen LogP contribution in [-0.4, -0.2) is 36.6 Å². The van der Waals surface area contributed by atoms with Gasteiger partial charge in [0.25, 0.3) is 11.5 Å². The minimum atomic E-state index is -0.532. The van der Waals surface area contributed by atoms with Crippen LogP contribution < -0.4 is 15.6 Å². The molecule has 0 bridgehead atoms. The van der Waals surface area contributed by atoms with Gasteiger partial charge in [0.1, 0.15) is 17.3 Å². The van der Waals surface area contributed by atoms with Gasteiger partial charge in [-0.1, -0.05) is 4.49 Å². The van der Waals surface area contributed by atoms with Crippen molar-refractivity contribution in [3.05, 3.63) is 63.0 Å². The zero-order valence-corrected chi connectivity index (χ0v) is 17.2. The zero-order valence-electron chi connectivity index (χ0n) is 16.3. The standard InChI is InChI=1S/C19H17FN6O3S/c1-10-16(30-24-23-10)7-21-18(27)14-8-26-9-15(25(2)19(28)17(26)22-14)12-5-4-11(29-3)6-13(12)20/h4-6,8-9H,7H2,1-3H3,(H,21,27). The number of benzene rings is 1. The number of nitrogens with zero attached hydrogens (tertiary/aromatic N) is 5. The topological polar surface area (TPSA) is 103 Å². The third kappa shape index (κ3) is 3.43. The molecule has 0 aliphatic carbocycles. The number of ether oxygens (including phenoxy) is 1. The van der Waals surface area contributed by atoms with Crippen molar-refractivity contribution < 1.29 is 13.9 Å². The highest BCUT2D eigenvalue weighted by atomic mass is 32.1. The lowest BCUT2D eigenvalue weighted by Crippen LogP contribution is -2.23. The summed E-state index contributed by atoms with van der Waals surface area (Å²) in [6.45, 7) is 2.07. The molecular formula is C19H17FN6O3S. The number of amides is 1. The lowest BCUT2D eigenvalue weighted by atomic mass is 10.1. The quantitative estimate of drug-likeness (QED) is 0.521. The molecule has 3 heterocycles. The molecule has 9 nitrogen and oxygen atoms in total. The minimum absolute atomic E-state index is 0.0657. The fourth-order valence-electron chi connectivity index (χ4n) is 2.98. The van der Waals surface area contributed by atoms with Crippen LogP contribution >= 0.6 is 11.5 Å². The lowest BCUT2D eigenvalue weighted by Gasteiger charge is -2.11. The molecule has 4 aromatic rings. The van der Waals surface area contributed by atoms with Gasteiger partial charge in [0.15, 0.2) is 0 Å². The first-order valence-electron chi connectivity index (χ1n) is 8.87. The van der Waals surface area contributed by atoms with Gasteiger partial charge in [-0.15, -0.1) is 5.10 Å². The number of fused-ring (bicyclic) bond motifs is 1. The number of carbonyl (C=O) groups is 1. The number of aryl methyl sites for hydroxylation is 1. The van der Waals surface area contributed by atoms with Gasteiger partial charge in [-0.25, -0.2) is 9.37 Å². The number of imidazole rings is 1. The average molecular weight is 428 g/mol. The third-order valence-corrected chi connectivity index (χ3v) is 5.51. The predicted molar refractivity (Wildman–Crippen MR) is 108 cm³/mol. The third-order valence-electron chi connectivity index (χ3n) is 4.69. The number of hydrogen-bond donors (Lipinski definition) is 1. The van der Waals surface area contributed by atoms with E-state index >= 15 is 0 Å². The van der Waals surface area contributed by atoms with Crippen molar-refractivity contribution in [3.8, 4) is 17.0 Å². The molecule has 1 aromatic carbocycles. The molecular weight excluding hydrogens is 411 g/mol. The molecule has 1 N–H and O–H groups in total. The van der Waals surface area contributed by atoms with E-state index in [0.717, 1.165) is 10.6 Å². The Morgan fingerprint density at radius 2 is 2.13 bits per heavy atom. The molecule has 30 heavy (non-hydrogen) atoms. The number of nitrogens with one attached hydrogen (secondary N) is 1. The van der Waals surface area contributed by atoms with Crippen LogP contribution in [0.1, 0.15) is 21.1 Å². The Bertz CT molecular complexity index is 1330. The first kappa shape index (κ1) is 19.7. The number of carbonyl (C=O) groups excluding carboxylic acids is 1. The molecule has 0 radical (unpaired) electrons. The number of rotatable bonds is 5. The summed E-state index contributed by atoms with van der Waals surface area (Å²) in [7, 11) is 2.97. The van der Waals surface area contributed by atoms with Gasteiger partial charge in [-0.05, 0) is 30.6 Å². The van der Waals surface area contributed by atoms with Crippen LogP contribution in [0.15, 0.2) is 35.4 Å². The van der Waals surface area contributed by atoms with Gasteiger partial charge in [-0.3, -0.25) is 14.0 Å². The molecule has 0 aliphatic heterocycles. The summed E-state index contributed by atoms with van der Waals surface area (Å²) in [5.41, 5.74) is 0.999. The summed E-state index contributed by atoms with van der Waals surface area (Å²) < 4.78 is 26.1. The van der Waals surface area contributed by atoms with Gasteiger partial charge in [0.05, 0.1) is 29.9 Å². The van der Waals surface area contributed by atoms with Crippen molar-refractivity contribution >= 4 is 23.1 Å². The Hall–Kier alpha value is -3.60. The molecule has 154 valence electrons. The summed E-state index contributed by atoms with van der Waals surface area (Å²) in [5.74, 6) is -0.601. The van der Waals surface area contributed by atoms with Gasteiger partial charge in [-0.2, -0.15) is 0 Å². The highest BCUT2D eigenvalue weighted by molar-refractivity contribution is 7.05. The maximum atomic E-state index is 14.5. The van der Waals surface area contributed by atoms with Crippen LogP contribution in [0.2, 0.25) is 0 Å². The summed E-state index contributed by atoms with van der Waals surface area (Å²) >= 11 is 1.20. The van der Waals surface area contributed by atoms with Gasteiger partial charge < -0.3 is 14.6 Å². The van der Waals surface area contributed by atoms with Gasteiger partial charge in [0.2, 0.25) is 5.65 Å². The molecule has 0 fully saturated rings. The van der Waals surface area contributed by atoms with E-state index in [2.05, 4.69) is 19.9 Å². The van der Waals surface area contributed by atoms with Crippen LogP contribution in [0.25, 0.3) is 16.9 Å². The van der Waals surface area contributed by atoms with E-state index in [4.69, 9.17) is 4.74 Å². The van der Waals surface area contributed by atoms with Gasteiger partial charge >= 0.3 is 0 Å². The second-order valence-corrected chi connectivity index (χ2v) is 7.38. The van der Waals surface area contributed by atoms with E-state index < -0.39 is 17.3 Å². The molecule has 0 unspecified atom stereocenters. The molecule has 4 rings (SSSR count). The van der Waals surface area contributed by atoms with Crippen LogP contribution in [0, 0.1) is 12.7 Å². The minimum Gasteiger partial charge on any atom is -0.497 e. The summed E-state index contributed by atoms with van der Waals surface area (Å²) in [6, 6.07) is 4.38.